The summed E-state index contributed by atoms with van der Waals surface area (Å²) in [7, 11) is 1.99. The van der Waals surface area contributed by atoms with E-state index >= 15 is 0 Å². The number of guanidine groups is 1. The van der Waals surface area contributed by atoms with Gasteiger partial charge in [0.2, 0.25) is 0 Å². The summed E-state index contributed by atoms with van der Waals surface area (Å²) in [6.45, 7) is 9.99. The second-order valence-corrected chi connectivity index (χ2v) is 6.06. The number of hydrogen-bond acceptors (Lipinski definition) is 2. The Morgan fingerprint density at radius 1 is 1.25 bits per heavy atom. The van der Waals surface area contributed by atoms with E-state index in [9.17, 15) is 0 Å². The third kappa shape index (κ3) is 4.60. The van der Waals surface area contributed by atoms with Crippen molar-refractivity contribution in [2.75, 3.05) is 13.1 Å². The summed E-state index contributed by atoms with van der Waals surface area (Å²) >= 11 is 0. The zero-order valence-corrected chi connectivity index (χ0v) is 15.4. The minimum absolute atomic E-state index is 0.214. The zero-order chi connectivity index (χ0) is 17.5. The van der Waals surface area contributed by atoms with Crippen molar-refractivity contribution in [1.29, 1.82) is 0 Å². The van der Waals surface area contributed by atoms with Crippen LogP contribution in [0.15, 0.2) is 35.3 Å². The Bertz CT molecular complexity index is 673. The Morgan fingerprint density at radius 3 is 2.54 bits per heavy atom. The van der Waals surface area contributed by atoms with Crippen molar-refractivity contribution in [3.05, 3.63) is 52.8 Å². The molecule has 0 amide bonds. The van der Waals surface area contributed by atoms with Crippen LogP contribution in [0.25, 0.3) is 0 Å². The molecule has 0 fully saturated rings. The van der Waals surface area contributed by atoms with Crippen LogP contribution >= 0.6 is 0 Å². The molecule has 0 aliphatic heterocycles. The van der Waals surface area contributed by atoms with Crippen LogP contribution in [0.1, 0.15) is 42.4 Å². The van der Waals surface area contributed by atoms with Crippen molar-refractivity contribution in [2.24, 2.45) is 12.0 Å². The van der Waals surface area contributed by atoms with Crippen LogP contribution in [-0.2, 0) is 13.5 Å². The summed E-state index contributed by atoms with van der Waals surface area (Å²) in [6, 6.07) is 10.6. The average Bonchev–Trinajstić information content (AvgIpc) is 2.81. The van der Waals surface area contributed by atoms with E-state index < -0.39 is 0 Å². The molecule has 1 aromatic carbocycles. The molecule has 0 aliphatic rings. The molecule has 1 aromatic heterocycles. The first-order valence-corrected chi connectivity index (χ1v) is 8.61. The minimum Gasteiger partial charge on any atom is -0.357 e. The number of aromatic nitrogens is 2. The molecule has 130 valence electrons. The lowest BCUT2D eigenvalue weighted by atomic mass is 10.1. The van der Waals surface area contributed by atoms with Gasteiger partial charge in [0.1, 0.15) is 0 Å². The normalized spacial score (nSPS) is 13.0. The molecule has 1 heterocycles. The molecule has 24 heavy (non-hydrogen) atoms. The molecule has 0 saturated carbocycles. The maximum atomic E-state index is 4.72. The van der Waals surface area contributed by atoms with Gasteiger partial charge in [0.05, 0.1) is 11.7 Å². The fraction of sp³-hybridized carbons (Fsp3) is 0.474. The minimum atomic E-state index is 0.214. The summed E-state index contributed by atoms with van der Waals surface area (Å²) in [4.78, 5) is 4.72. The quantitative estimate of drug-likeness (QED) is 0.633. The average molecular weight is 327 g/mol. The molecule has 2 aromatic rings. The zero-order valence-electron chi connectivity index (χ0n) is 15.4. The molecule has 5 nitrogen and oxygen atoms in total. The highest BCUT2D eigenvalue weighted by Crippen LogP contribution is 2.13. The van der Waals surface area contributed by atoms with Gasteiger partial charge >= 0.3 is 0 Å². The highest BCUT2D eigenvalue weighted by atomic mass is 15.3. The van der Waals surface area contributed by atoms with Gasteiger partial charge in [-0.1, -0.05) is 30.3 Å². The number of rotatable bonds is 6. The first-order valence-electron chi connectivity index (χ1n) is 8.61. The van der Waals surface area contributed by atoms with Gasteiger partial charge in [-0.05, 0) is 45.2 Å². The van der Waals surface area contributed by atoms with Gasteiger partial charge in [0, 0.05) is 25.8 Å². The number of hydrogen-bond donors (Lipinski definition) is 2. The lowest BCUT2D eigenvalue weighted by molar-refractivity contribution is 0.686. The molecule has 1 unspecified atom stereocenters. The molecule has 0 aliphatic carbocycles. The number of aryl methyl sites for hydroxylation is 2. The van der Waals surface area contributed by atoms with E-state index in [0.717, 1.165) is 31.2 Å². The standard InChI is InChI=1S/C19H29N5/c1-6-20-19(22-14(2)17-10-8-7-9-11-17)21-13-12-18-15(3)23-24(5)16(18)4/h7-11,14H,6,12-13H2,1-5H3,(H2,20,21,22). The maximum absolute atomic E-state index is 4.72. The topological polar surface area (TPSA) is 54.2 Å². The Morgan fingerprint density at radius 2 is 1.96 bits per heavy atom. The van der Waals surface area contributed by atoms with Crippen molar-refractivity contribution in [1.82, 2.24) is 20.4 Å². The van der Waals surface area contributed by atoms with Crippen molar-refractivity contribution in [3.63, 3.8) is 0 Å². The lowest BCUT2D eigenvalue weighted by Crippen LogP contribution is -2.38. The Balaban J connectivity index is 2.00. The van der Waals surface area contributed by atoms with Gasteiger partial charge in [-0.15, -0.1) is 0 Å². The molecule has 0 spiro atoms. The molecule has 0 radical (unpaired) electrons. The highest BCUT2D eigenvalue weighted by molar-refractivity contribution is 5.80. The van der Waals surface area contributed by atoms with E-state index in [1.165, 1.54) is 16.8 Å². The summed E-state index contributed by atoms with van der Waals surface area (Å²) in [5.41, 5.74) is 4.87. The smallest absolute Gasteiger partial charge is 0.191 e. The summed E-state index contributed by atoms with van der Waals surface area (Å²) in [6.07, 6.45) is 0.905. The molecule has 0 saturated heterocycles. The van der Waals surface area contributed by atoms with Crippen LogP contribution in [0.5, 0.6) is 0 Å². The Labute approximate surface area is 145 Å². The van der Waals surface area contributed by atoms with Crippen molar-refractivity contribution in [3.8, 4) is 0 Å². The van der Waals surface area contributed by atoms with Crippen LogP contribution in [0.4, 0.5) is 0 Å². The lowest BCUT2D eigenvalue weighted by Gasteiger charge is -2.18. The molecule has 2 N–H and O–H groups in total. The summed E-state index contributed by atoms with van der Waals surface area (Å²) in [5, 5.41) is 11.3. The highest BCUT2D eigenvalue weighted by Gasteiger charge is 2.10. The van der Waals surface area contributed by atoms with Crippen LogP contribution in [0, 0.1) is 13.8 Å². The maximum Gasteiger partial charge on any atom is 0.191 e. The van der Waals surface area contributed by atoms with E-state index in [1.54, 1.807) is 0 Å². The van der Waals surface area contributed by atoms with Crippen molar-refractivity contribution in [2.45, 2.75) is 40.2 Å². The number of nitrogens with zero attached hydrogens (tertiary/aromatic N) is 3. The monoisotopic (exact) mass is 327 g/mol. The molecule has 2 rings (SSSR count). The van der Waals surface area contributed by atoms with E-state index in [2.05, 4.69) is 67.7 Å². The van der Waals surface area contributed by atoms with Crippen LogP contribution in [-0.4, -0.2) is 28.8 Å². The second kappa shape index (κ2) is 8.52. The van der Waals surface area contributed by atoms with Gasteiger partial charge in [-0.25, -0.2) is 0 Å². The second-order valence-electron chi connectivity index (χ2n) is 6.06. The number of aliphatic imine (C=N–C) groups is 1. The number of benzene rings is 1. The third-order valence-electron chi connectivity index (χ3n) is 4.29. The Kier molecular flexibility index (Phi) is 6.41. The molecule has 1 atom stereocenters. The van der Waals surface area contributed by atoms with Gasteiger partial charge in [-0.3, -0.25) is 9.67 Å². The predicted molar refractivity (Wildman–Crippen MR) is 100 cm³/mol. The first kappa shape index (κ1) is 18.0. The summed E-state index contributed by atoms with van der Waals surface area (Å²) in [5.74, 6) is 0.855. The van der Waals surface area contributed by atoms with Crippen LogP contribution < -0.4 is 10.6 Å². The molecule has 0 bridgehead atoms. The Hall–Kier alpha value is -2.30. The van der Waals surface area contributed by atoms with Crippen molar-refractivity contribution < 1.29 is 0 Å². The van der Waals surface area contributed by atoms with Gasteiger partial charge in [0.15, 0.2) is 5.96 Å². The SMILES string of the molecule is CCNC(=NCCc1c(C)nn(C)c1C)NC(C)c1ccccc1. The van der Waals surface area contributed by atoms with Gasteiger partial charge in [0.25, 0.3) is 0 Å². The fourth-order valence-electron chi connectivity index (χ4n) is 2.81. The fourth-order valence-corrected chi connectivity index (χ4v) is 2.81. The molecular weight excluding hydrogens is 298 g/mol. The van der Waals surface area contributed by atoms with Gasteiger partial charge < -0.3 is 10.6 Å². The number of nitrogens with one attached hydrogen (secondary N) is 2. The first-order chi connectivity index (χ1) is 11.5. The van der Waals surface area contributed by atoms with Gasteiger partial charge in [-0.2, -0.15) is 5.10 Å². The van der Waals surface area contributed by atoms with Crippen molar-refractivity contribution >= 4 is 5.96 Å². The van der Waals surface area contributed by atoms with E-state index in [-0.39, 0.29) is 6.04 Å². The predicted octanol–water partition coefficient (Wildman–Crippen LogP) is 2.90. The molecular formula is C19H29N5. The van der Waals surface area contributed by atoms with E-state index in [4.69, 9.17) is 4.99 Å². The third-order valence-corrected chi connectivity index (χ3v) is 4.29. The largest absolute Gasteiger partial charge is 0.357 e. The molecule has 5 heteroatoms. The van der Waals surface area contributed by atoms with Crippen LogP contribution in [0.2, 0.25) is 0 Å². The van der Waals surface area contributed by atoms with Crippen LogP contribution in [0.3, 0.4) is 0 Å². The van der Waals surface area contributed by atoms with E-state index in [0.29, 0.717) is 0 Å². The van der Waals surface area contributed by atoms with E-state index in [1.807, 2.05) is 17.8 Å². The summed E-state index contributed by atoms with van der Waals surface area (Å²) < 4.78 is 1.94.